The SMILES string of the molecule is CC1(C)C(C=C(Cl)Cl)C1C(=O)OCc1cccc2c1CCc1ccccc1-2. The van der Waals surface area contributed by atoms with Crippen molar-refractivity contribution in [1.82, 2.24) is 0 Å². The van der Waals surface area contributed by atoms with Crippen LogP contribution in [-0.4, -0.2) is 5.97 Å². The van der Waals surface area contributed by atoms with Gasteiger partial charge >= 0.3 is 5.97 Å². The van der Waals surface area contributed by atoms with Gasteiger partial charge in [0.25, 0.3) is 0 Å². The van der Waals surface area contributed by atoms with Gasteiger partial charge in [-0.1, -0.05) is 79.5 Å². The van der Waals surface area contributed by atoms with Crippen molar-refractivity contribution in [1.29, 1.82) is 0 Å². The normalized spacial score (nSPS) is 21.6. The van der Waals surface area contributed by atoms with E-state index < -0.39 is 0 Å². The number of fused-ring (bicyclic) bond motifs is 3. The fourth-order valence-electron chi connectivity index (χ4n) is 4.39. The second-order valence-corrected chi connectivity index (χ2v) is 9.00. The van der Waals surface area contributed by atoms with Gasteiger partial charge in [0, 0.05) is 0 Å². The number of esters is 1. The molecule has 2 aromatic rings. The second-order valence-electron chi connectivity index (χ2n) is 7.99. The Kier molecular flexibility index (Phi) is 4.82. The molecule has 140 valence electrons. The van der Waals surface area contributed by atoms with Crippen LogP contribution in [0.25, 0.3) is 11.1 Å². The summed E-state index contributed by atoms with van der Waals surface area (Å²) in [4.78, 5) is 12.6. The van der Waals surface area contributed by atoms with E-state index in [0.717, 1.165) is 18.4 Å². The maximum absolute atomic E-state index is 12.6. The summed E-state index contributed by atoms with van der Waals surface area (Å²) in [5.74, 6) is -0.332. The summed E-state index contributed by atoms with van der Waals surface area (Å²) < 4.78 is 5.91. The minimum absolute atomic E-state index is 0.0339. The predicted molar refractivity (Wildman–Crippen MR) is 110 cm³/mol. The Balaban J connectivity index is 1.51. The van der Waals surface area contributed by atoms with Gasteiger partial charge in [-0.05, 0) is 58.1 Å². The number of carbonyl (C=O) groups excluding carboxylic acids is 1. The predicted octanol–water partition coefficient (Wildman–Crippen LogP) is 6.09. The van der Waals surface area contributed by atoms with Crippen LogP contribution >= 0.6 is 23.2 Å². The Bertz CT molecular complexity index is 926. The van der Waals surface area contributed by atoms with E-state index in [9.17, 15) is 4.79 Å². The minimum atomic E-state index is -0.190. The highest BCUT2D eigenvalue weighted by Crippen LogP contribution is 2.60. The lowest BCUT2D eigenvalue weighted by atomic mass is 9.83. The first-order valence-corrected chi connectivity index (χ1v) is 10.0. The number of aryl methyl sites for hydroxylation is 1. The second kappa shape index (κ2) is 7.00. The minimum Gasteiger partial charge on any atom is -0.461 e. The van der Waals surface area contributed by atoms with Crippen LogP contribution in [0, 0.1) is 17.3 Å². The van der Waals surface area contributed by atoms with Gasteiger partial charge in [-0.15, -0.1) is 0 Å². The average Bonchev–Trinajstić information content (AvgIpc) is 3.18. The Morgan fingerprint density at radius 2 is 1.85 bits per heavy atom. The van der Waals surface area contributed by atoms with Gasteiger partial charge in [-0.3, -0.25) is 4.79 Å². The number of ether oxygens (including phenoxy) is 1. The summed E-state index contributed by atoms with van der Waals surface area (Å²) in [6.07, 6.45) is 3.74. The van der Waals surface area contributed by atoms with Crippen molar-refractivity contribution in [2.45, 2.75) is 33.3 Å². The van der Waals surface area contributed by atoms with Crippen molar-refractivity contribution in [2.24, 2.45) is 17.3 Å². The molecular weight excluding hydrogens is 379 g/mol. The number of hydrogen-bond donors (Lipinski definition) is 0. The topological polar surface area (TPSA) is 26.3 Å². The maximum Gasteiger partial charge on any atom is 0.310 e. The third kappa shape index (κ3) is 3.41. The first-order valence-electron chi connectivity index (χ1n) is 9.28. The number of halogens is 2. The summed E-state index contributed by atoms with van der Waals surface area (Å²) in [6, 6.07) is 14.8. The molecule has 0 saturated heterocycles. The molecule has 0 bridgehead atoms. The Hall–Kier alpha value is -1.77. The monoisotopic (exact) mass is 400 g/mol. The van der Waals surface area contributed by atoms with Crippen LogP contribution in [-0.2, 0) is 29.0 Å². The lowest BCUT2D eigenvalue weighted by Gasteiger charge is -2.22. The van der Waals surface area contributed by atoms with Crippen LogP contribution in [0.1, 0.15) is 30.5 Å². The van der Waals surface area contributed by atoms with E-state index in [2.05, 4.69) is 36.4 Å². The molecule has 2 aliphatic carbocycles. The van der Waals surface area contributed by atoms with Crippen LogP contribution in [0.4, 0.5) is 0 Å². The highest BCUT2D eigenvalue weighted by Gasteiger charge is 2.61. The molecule has 1 fully saturated rings. The molecule has 0 aromatic heterocycles. The van der Waals surface area contributed by atoms with E-state index in [1.165, 1.54) is 22.3 Å². The smallest absolute Gasteiger partial charge is 0.310 e. The van der Waals surface area contributed by atoms with Crippen LogP contribution in [0.3, 0.4) is 0 Å². The van der Waals surface area contributed by atoms with E-state index >= 15 is 0 Å². The Labute approximate surface area is 170 Å². The van der Waals surface area contributed by atoms with Crippen molar-refractivity contribution >= 4 is 29.2 Å². The lowest BCUT2D eigenvalue weighted by molar-refractivity contribution is -0.147. The molecule has 4 heteroatoms. The molecule has 2 unspecified atom stereocenters. The summed E-state index contributed by atoms with van der Waals surface area (Å²) in [5.41, 5.74) is 6.15. The molecule has 0 heterocycles. The van der Waals surface area contributed by atoms with E-state index in [1.807, 2.05) is 19.9 Å². The van der Waals surface area contributed by atoms with Crippen molar-refractivity contribution in [3.8, 4) is 11.1 Å². The van der Waals surface area contributed by atoms with Crippen LogP contribution in [0.5, 0.6) is 0 Å². The molecule has 2 aromatic carbocycles. The molecule has 27 heavy (non-hydrogen) atoms. The highest BCUT2D eigenvalue weighted by atomic mass is 35.5. The Morgan fingerprint density at radius 1 is 1.11 bits per heavy atom. The first kappa shape index (κ1) is 18.6. The molecule has 4 rings (SSSR count). The molecule has 0 spiro atoms. The van der Waals surface area contributed by atoms with Crippen LogP contribution in [0.2, 0.25) is 0 Å². The first-order chi connectivity index (χ1) is 12.9. The van der Waals surface area contributed by atoms with Crippen molar-refractivity contribution in [2.75, 3.05) is 0 Å². The van der Waals surface area contributed by atoms with Gasteiger partial charge in [0.05, 0.1) is 5.92 Å². The number of hydrogen-bond acceptors (Lipinski definition) is 2. The van der Waals surface area contributed by atoms with E-state index in [0.29, 0.717) is 6.61 Å². The highest BCUT2D eigenvalue weighted by molar-refractivity contribution is 6.55. The number of rotatable bonds is 4. The van der Waals surface area contributed by atoms with Gasteiger partial charge < -0.3 is 4.74 Å². The van der Waals surface area contributed by atoms with E-state index in [1.54, 1.807) is 6.08 Å². The molecule has 0 radical (unpaired) electrons. The van der Waals surface area contributed by atoms with Crippen molar-refractivity contribution < 1.29 is 9.53 Å². The van der Waals surface area contributed by atoms with Gasteiger partial charge in [-0.25, -0.2) is 0 Å². The van der Waals surface area contributed by atoms with Crippen LogP contribution < -0.4 is 0 Å². The third-order valence-electron chi connectivity index (χ3n) is 6.07. The average molecular weight is 401 g/mol. The zero-order valence-electron chi connectivity index (χ0n) is 15.5. The Morgan fingerprint density at radius 3 is 2.63 bits per heavy atom. The summed E-state index contributed by atoms with van der Waals surface area (Å²) in [5, 5.41) is 0. The summed E-state index contributed by atoms with van der Waals surface area (Å²) >= 11 is 11.6. The fraction of sp³-hybridized carbons (Fsp3) is 0.348. The van der Waals surface area contributed by atoms with Gasteiger partial charge in [0.2, 0.25) is 0 Å². The number of benzene rings is 2. The van der Waals surface area contributed by atoms with Crippen molar-refractivity contribution in [3.63, 3.8) is 0 Å². The van der Waals surface area contributed by atoms with E-state index in [-0.39, 0.29) is 27.7 Å². The molecule has 1 saturated carbocycles. The summed E-state index contributed by atoms with van der Waals surface area (Å²) in [6.45, 7) is 4.39. The van der Waals surface area contributed by atoms with E-state index in [4.69, 9.17) is 27.9 Å². The molecule has 0 amide bonds. The quantitative estimate of drug-likeness (QED) is 0.580. The third-order valence-corrected chi connectivity index (χ3v) is 6.32. The molecule has 0 aliphatic heterocycles. The van der Waals surface area contributed by atoms with Gasteiger partial charge in [0.1, 0.15) is 11.1 Å². The molecule has 2 aliphatic rings. The standard InChI is InChI=1S/C23H22Cl2O2/c1-23(2)19(12-20(24)25)21(23)22(26)27-13-15-7-5-9-18-16-8-4-3-6-14(16)10-11-17(15)18/h3-9,12,19,21H,10-11,13H2,1-2H3. The lowest BCUT2D eigenvalue weighted by Crippen LogP contribution is -2.13. The maximum atomic E-state index is 12.6. The van der Waals surface area contributed by atoms with Gasteiger partial charge in [-0.2, -0.15) is 0 Å². The molecular formula is C23H22Cl2O2. The zero-order chi connectivity index (χ0) is 19.2. The zero-order valence-corrected chi connectivity index (χ0v) is 17.0. The molecule has 0 N–H and O–H groups in total. The molecule has 2 atom stereocenters. The fourth-order valence-corrected chi connectivity index (χ4v) is 4.66. The largest absolute Gasteiger partial charge is 0.461 e. The number of allylic oxidation sites excluding steroid dienone is 1. The van der Waals surface area contributed by atoms with Crippen molar-refractivity contribution in [3.05, 3.63) is 69.7 Å². The molecule has 2 nitrogen and oxygen atoms in total. The van der Waals surface area contributed by atoms with Gasteiger partial charge in [0.15, 0.2) is 0 Å². The van der Waals surface area contributed by atoms with Crippen LogP contribution in [0.15, 0.2) is 53.0 Å². The number of carbonyl (C=O) groups is 1. The summed E-state index contributed by atoms with van der Waals surface area (Å²) in [7, 11) is 0.